The maximum absolute atomic E-state index is 12.1. The zero-order valence-corrected chi connectivity index (χ0v) is 12.1. The van der Waals surface area contributed by atoms with Crippen molar-refractivity contribution in [1.82, 2.24) is 5.32 Å². The first kappa shape index (κ1) is 13.9. The van der Waals surface area contributed by atoms with E-state index in [0.717, 1.165) is 10.8 Å². The molecule has 0 aliphatic rings. The molecule has 0 aliphatic carbocycles. The molecule has 1 aromatic rings. The van der Waals surface area contributed by atoms with Gasteiger partial charge in [-0.15, -0.1) is 11.3 Å². The fourth-order valence-electron chi connectivity index (χ4n) is 1.49. The van der Waals surface area contributed by atoms with Crippen molar-refractivity contribution in [2.45, 2.75) is 37.9 Å². The molecule has 0 bridgehead atoms. The van der Waals surface area contributed by atoms with Crippen LogP contribution in [0.4, 0.5) is 0 Å². The third-order valence-corrected chi connectivity index (χ3v) is 5.26. The molecule has 0 spiro atoms. The Labute approximate surface area is 105 Å². The normalized spacial score (nSPS) is 16.0. The molecule has 0 aliphatic heterocycles. The van der Waals surface area contributed by atoms with Crippen molar-refractivity contribution in [1.29, 1.82) is 0 Å². The van der Waals surface area contributed by atoms with Crippen molar-refractivity contribution in [3.05, 3.63) is 17.5 Å². The van der Waals surface area contributed by atoms with E-state index >= 15 is 0 Å². The lowest BCUT2D eigenvalue weighted by Crippen LogP contribution is -2.44. The van der Waals surface area contributed by atoms with Crippen LogP contribution in [-0.4, -0.2) is 22.5 Å². The summed E-state index contributed by atoms with van der Waals surface area (Å²) in [5.41, 5.74) is 0.142. The summed E-state index contributed by atoms with van der Waals surface area (Å²) in [5.74, 6) is 0.692. The lowest BCUT2D eigenvalue weighted by Gasteiger charge is -2.30. The van der Waals surface area contributed by atoms with Gasteiger partial charge >= 0.3 is 0 Å². The van der Waals surface area contributed by atoms with Gasteiger partial charge in [0.25, 0.3) is 0 Å². The van der Waals surface area contributed by atoms with E-state index in [1.807, 2.05) is 17.5 Å². The summed E-state index contributed by atoms with van der Waals surface area (Å²) in [6.45, 7) is 9.57. The summed E-state index contributed by atoms with van der Waals surface area (Å²) < 4.78 is 13.1. The van der Waals surface area contributed by atoms with Crippen LogP contribution in [0.2, 0.25) is 0 Å². The minimum absolute atomic E-state index is 0.142. The Morgan fingerprint density at radius 2 is 2.19 bits per heavy atom. The van der Waals surface area contributed by atoms with E-state index in [4.69, 9.17) is 0 Å². The molecule has 1 rings (SSSR count). The molecule has 2 unspecified atom stereocenters. The first-order valence-corrected chi connectivity index (χ1v) is 7.80. The molecular weight excluding hydrogens is 238 g/mol. The lowest BCUT2D eigenvalue weighted by atomic mass is 9.88. The van der Waals surface area contributed by atoms with Crippen LogP contribution >= 0.6 is 11.3 Å². The maximum atomic E-state index is 12.1. The standard InChI is InChI=1S/C12H21NOS2/c1-5-13-10(12(2,3)4)9-16(14)11-7-6-8-15-11/h6-8,10,13H,5,9H2,1-4H3. The lowest BCUT2D eigenvalue weighted by molar-refractivity contribution is 0.294. The van der Waals surface area contributed by atoms with Crippen molar-refractivity contribution in [2.24, 2.45) is 5.41 Å². The molecule has 0 aromatic carbocycles. The average Bonchev–Trinajstić information content (AvgIpc) is 2.68. The zero-order chi connectivity index (χ0) is 12.2. The quantitative estimate of drug-likeness (QED) is 0.881. The number of thiophene rings is 1. The Kier molecular flexibility index (Phi) is 5.15. The number of hydrogen-bond donors (Lipinski definition) is 1. The van der Waals surface area contributed by atoms with Crippen LogP contribution in [0.25, 0.3) is 0 Å². The molecule has 2 atom stereocenters. The van der Waals surface area contributed by atoms with Crippen LogP contribution in [0.5, 0.6) is 0 Å². The fraction of sp³-hybridized carbons (Fsp3) is 0.667. The van der Waals surface area contributed by atoms with Crippen molar-refractivity contribution >= 4 is 22.1 Å². The minimum Gasteiger partial charge on any atom is -0.313 e. The molecule has 0 radical (unpaired) electrons. The molecular formula is C12H21NOS2. The Morgan fingerprint density at radius 3 is 2.62 bits per heavy atom. The molecule has 1 N–H and O–H groups in total. The second-order valence-corrected chi connectivity index (χ2v) is 7.59. The molecule has 0 saturated heterocycles. The van der Waals surface area contributed by atoms with Gasteiger partial charge in [-0.05, 0) is 23.4 Å². The minimum atomic E-state index is -0.874. The van der Waals surface area contributed by atoms with E-state index in [1.165, 1.54) is 0 Å². The van der Waals surface area contributed by atoms with Gasteiger partial charge in [0, 0.05) is 11.8 Å². The van der Waals surface area contributed by atoms with E-state index in [0.29, 0.717) is 11.8 Å². The highest BCUT2D eigenvalue weighted by Gasteiger charge is 2.26. The topological polar surface area (TPSA) is 29.1 Å². The average molecular weight is 259 g/mol. The highest BCUT2D eigenvalue weighted by atomic mass is 32.2. The fourth-order valence-corrected chi connectivity index (χ4v) is 4.05. The summed E-state index contributed by atoms with van der Waals surface area (Å²) in [6.07, 6.45) is 0. The first-order valence-electron chi connectivity index (χ1n) is 5.60. The third kappa shape index (κ3) is 4.00. The number of hydrogen-bond acceptors (Lipinski definition) is 3. The van der Waals surface area contributed by atoms with E-state index in [-0.39, 0.29) is 5.41 Å². The third-order valence-electron chi connectivity index (χ3n) is 2.53. The highest BCUT2D eigenvalue weighted by Crippen LogP contribution is 2.23. The Bertz CT molecular complexity index is 327. The second-order valence-electron chi connectivity index (χ2n) is 4.92. The van der Waals surface area contributed by atoms with Gasteiger partial charge in [0.05, 0.1) is 15.0 Å². The van der Waals surface area contributed by atoms with E-state index in [9.17, 15) is 4.21 Å². The molecule has 4 heteroatoms. The van der Waals surface area contributed by atoms with Crippen molar-refractivity contribution < 1.29 is 4.21 Å². The summed E-state index contributed by atoms with van der Waals surface area (Å²) in [5, 5.41) is 5.41. The van der Waals surface area contributed by atoms with Gasteiger partial charge in [0.15, 0.2) is 0 Å². The predicted octanol–water partition coefficient (Wildman–Crippen LogP) is 2.88. The molecule has 16 heavy (non-hydrogen) atoms. The van der Waals surface area contributed by atoms with Gasteiger partial charge in [0.2, 0.25) is 0 Å². The molecule has 1 heterocycles. The summed E-state index contributed by atoms with van der Waals surface area (Å²) in [4.78, 5) is 0. The van der Waals surface area contributed by atoms with Crippen LogP contribution in [0, 0.1) is 5.41 Å². The zero-order valence-electron chi connectivity index (χ0n) is 10.4. The Balaban J connectivity index is 2.66. The van der Waals surface area contributed by atoms with Gasteiger partial charge in [-0.3, -0.25) is 4.21 Å². The van der Waals surface area contributed by atoms with E-state index < -0.39 is 10.8 Å². The Morgan fingerprint density at radius 1 is 1.50 bits per heavy atom. The molecule has 0 fully saturated rings. The Hall–Kier alpha value is -0.190. The van der Waals surface area contributed by atoms with Crippen molar-refractivity contribution in [2.75, 3.05) is 12.3 Å². The van der Waals surface area contributed by atoms with E-state index in [2.05, 4.69) is 33.0 Å². The van der Waals surface area contributed by atoms with Crippen LogP contribution < -0.4 is 5.32 Å². The summed E-state index contributed by atoms with van der Waals surface area (Å²) in [7, 11) is -0.874. The van der Waals surface area contributed by atoms with Crippen LogP contribution in [0.15, 0.2) is 21.7 Å². The SMILES string of the molecule is CCNC(CS(=O)c1cccs1)C(C)(C)C. The monoisotopic (exact) mass is 259 g/mol. The second kappa shape index (κ2) is 5.94. The van der Waals surface area contributed by atoms with E-state index in [1.54, 1.807) is 11.3 Å². The largest absolute Gasteiger partial charge is 0.313 e. The maximum Gasteiger partial charge on any atom is 0.0911 e. The van der Waals surface area contributed by atoms with Gasteiger partial charge < -0.3 is 5.32 Å². The molecule has 0 amide bonds. The first-order chi connectivity index (χ1) is 7.45. The number of nitrogens with one attached hydrogen (secondary N) is 1. The van der Waals surface area contributed by atoms with Crippen LogP contribution in [0.3, 0.4) is 0 Å². The molecule has 0 saturated carbocycles. The van der Waals surface area contributed by atoms with Crippen molar-refractivity contribution in [3.8, 4) is 0 Å². The highest BCUT2D eigenvalue weighted by molar-refractivity contribution is 7.87. The summed E-state index contributed by atoms with van der Waals surface area (Å²) in [6, 6.07) is 4.20. The van der Waals surface area contributed by atoms with Crippen LogP contribution in [-0.2, 0) is 10.8 Å². The van der Waals surface area contributed by atoms with Crippen LogP contribution in [0.1, 0.15) is 27.7 Å². The predicted molar refractivity (Wildman–Crippen MR) is 72.5 cm³/mol. The molecule has 1 aromatic heterocycles. The van der Waals surface area contributed by atoms with Gasteiger partial charge in [-0.2, -0.15) is 0 Å². The molecule has 92 valence electrons. The van der Waals surface area contributed by atoms with Gasteiger partial charge in [-0.25, -0.2) is 0 Å². The van der Waals surface area contributed by atoms with Crippen molar-refractivity contribution in [3.63, 3.8) is 0 Å². The molecule has 2 nitrogen and oxygen atoms in total. The summed E-state index contributed by atoms with van der Waals surface area (Å²) >= 11 is 1.57. The smallest absolute Gasteiger partial charge is 0.0911 e. The number of rotatable bonds is 5. The van der Waals surface area contributed by atoms with Gasteiger partial charge in [0.1, 0.15) is 0 Å². The van der Waals surface area contributed by atoms with Gasteiger partial charge in [-0.1, -0.05) is 33.8 Å².